The SMILES string of the molecule is CNC(=O)CCCOc1cc(Cl)ccc1N. The number of nitrogens with two attached hydrogens (primary N) is 1. The number of carbonyl (C=O) groups is 1. The summed E-state index contributed by atoms with van der Waals surface area (Å²) < 4.78 is 5.42. The van der Waals surface area contributed by atoms with Crippen molar-refractivity contribution in [3.05, 3.63) is 23.2 Å². The van der Waals surface area contributed by atoms with Crippen LogP contribution in [-0.2, 0) is 4.79 Å². The summed E-state index contributed by atoms with van der Waals surface area (Å²) in [6.45, 7) is 0.442. The van der Waals surface area contributed by atoms with Crippen molar-refractivity contribution in [3.63, 3.8) is 0 Å². The molecular formula is C11H15ClN2O2. The first-order valence-corrected chi connectivity index (χ1v) is 5.39. The predicted molar refractivity (Wildman–Crippen MR) is 64.7 cm³/mol. The third-order valence-electron chi connectivity index (χ3n) is 2.06. The summed E-state index contributed by atoms with van der Waals surface area (Å²) in [6, 6.07) is 5.06. The Hall–Kier alpha value is -1.42. The number of nitrogen functional groups attached to an aromatic ring is 1. The van der Waals surface area contributed by atoms with Crippen LogP contribution in [0.25, 0.3) is 0 Å². The van der Waals surface area contributed by atoms with E-state index in [1.54, 1.807) is 25.2 Å². The molecule has 1 aromatic carbocycles. The van der Waals surface area contributed by atoms with Gasteiger partial charge in [0.25, 0.3) is 0 Å². The second-order valence-electron chi connectivity index (χ2n) is 3.31. The van der Waals surface area contributed by atoms with Gasteiger partial charge in [-0.25, -0.2) is 0 Å². The van der Waals surface area contributed by atoms with E-state index in [4.69, 9.17) is 22.1 Å². The third-order valence-corrected chi connectivity index (χ3v) is 2.30. The number of amides is 1. The lowest BCUT2D eigenvalue weighted by Gasteiger charge is -2.08. The lowest BCUT2D eigenvalue weighted by molar-refractivity contribution is -0.120. The van der Waals surface area contributed by atoms with Gasteiger partial charge >= 0.3 is 0 Å². The van der Waals surface area contributed by atoms with Crippen molar-refractivity contribution >= 4 is 23.2 Å². The number of nitrogens with one attached hydrogen (secondary N) is 1. The van der Waals surface area contributed by atoms with Gasteiger partial charge in [-0.05, 0) is 18.6 Å². The Morgan fingerprint density at radius 3 is 3.00 bits per heavy atom. The lowest BCUT2D eigenvalue weighted by atomic mass is 10.3. The van der Waals surface area contributed by atoms with E-state index in [9.17, 15) is 4.79 Å². The lowest BCUT2D eigenvalue weighted by Crippen LogP contribution is -2.18. The monoisotopic (exact) mass is 242 g/mol. The van der Waals surface area contributed by atoms with E-state index in [0.29, 0.717) is 35.9 Å². The smallest absolute Gasteiger partial charge is 0.219 e. The number of halogens is 1. The van der Waals surface area contributed by atoms with Crippen LogP contribution in [0.15, 0.2) is 18.2 Å². The van der Waals surface area contributed by atoms with E-state index in [0.717, 1.165) is 0 Å². The van der Waals surface area contributed by atoms with Gasteiger partial charge in [-0.2, -0.15) is 0 Å². The normalized spacial score (nSPS) is 9.88. The molecule has 0 saturated heterocycles. The van der Waals surface area contributed by atoms with Gasteiger partial charge in [-0.3, -0.25) is 4.79 Å². The molecule has 0 aromatic heterocycles. The highest BCUT2D eigenvalue weighted by atomic mass is 35.5. The zero-order valence-electron chi connectivity index (χ0n) is 9.13. The molecule has 0 aliphatic rings. The molecule has 0 spiro atoms. The van der Waals surface area contributed by atoms with Crippen molar-refractivity contribution in [2.75, 3.05) is 19.4 Å². The van der Waals surface area contributed by atoms with Crippen molar-refractivity contribution in [1.29, 1.82) is 0 Å². The van der Waals surface area contributed by atoms with Gasteiger partial charge in [0.05, 0.1) is 12.3 Å². The van der Waals surface area contributed by atoms with Crippen molar-refractivity contribution < 1.29 is 9.53 Å². The van der Waals surface area contributed by atoms with E-state index in [2.05, 4.69) is 5.32 Å². The zero-order valence-corrected chi connectivity index (χ0v) is 9.88. The fraction of sp³-hybridized carbons (Fsp3) is 0.364. The maximum absolute atomic E-state index is 10.9. The standard InChI is InChI=1S/C11H15ClN2O2/c1-14-11(15)3-2-6-16-10-7-8(12)4-5-9(10)13/h4-5,7H,2-3,6,13H2,1H3,(H,14,15). The average molecular weight is 243 g/mol. The van der Waals surface area contributed by atoms with Crippen LogP contribution in [0.2, 0.25) is 5.02 Å². The molecule has 3 N–H and O–H groups in total. The molecule has 0 bridgehead atoms. The number of hydrogen-bond acceptors (Lipinski definition) is 3. The number of rotatable bonds is 5. The van der Waals surface area contributed by atoms with Crippen LogP contribution in [0.1, 0.15) is 12.8 Å². The molecule has 4 nitrogen and oxygen atoms in total. The molecule has 0 atom stereocenters. The quantitative estimate of drug-likeness (QED) is 0.612. The van der Waals surface area contributed by atoms with Crippen LogP contribution in [0.5, 0.6) is 5.75 Å². The number of carbonyl (C=O) groups excluding carboxylic acids is 1. The summed E-state index contributed by atoms with van der Waals surface area (Å²) in [4.78, 5) is 10.9. The molecule has 5 heteroatoms. The summed E-state index contributed by atoms with van der Waals surface area (Å²) >= 11 is 5.80. The van der Waals surface area contributed by atoms with Gasteiger partial charge in [-0.1, -0.05) is 11.6 Å². The maximum Gasteiger partial charge on any atom is 0.219 e. The van der Waals surface area contributed by atoms with Crippen LogP contribution >= 0.6 is 11.6 Å². The molecule has 0 aliphatic carbocycles. The largest absolute Gasteiger partial charge is 0.491 e. The molecule has 0 fully saturated rings. The van der Waals surface area contributed by atoms with Crippen molar-refractivity contribution in [2.24, 2.45) is 0 Å². The Kier molecular flexibility index (Phi) is 4.92. The fourth-order valence-electron chi connectivity index (χ4n) is 1.17. The maximum atomic E-state index is 10.9. The minimum atomic E-state index is 0.00247. The molecule has 1 aromatic rings. The van der Waals surface area contributed by atoms with Gasteiger partial charge in [0, 0.05) is 24.6 Å². The van der Waals surface area contributed by atoms with E-state index in [1.807, 2.05) is 0 Å². The van der Waals surface area contributed by atoms with E-state index >= 15 is 0 Å². The summed E-state index contributed by atoms with van der Waals surface area (Å²) in [7, 11) is 1.61. The Morgan fingerprint density at radius 2 is 2.31 bits per heavy atom. The summed E-state index contributed by atoms with van der Waals surface area (Å²) in [5, 5.41) is 3.12. The van der Waals surface area contributed by atoms with Crippen LogP contribution < -0.4 is 15.8 Å². The van der Waals surface area contributed by atoms with E-state index in [1.165, 1.54) is 0 Å². The Balaban J connectivity index is 2.37. The molecule has 1 amide bonds. The molecule has 0 radical (unpaired) electrons. The first kappa shape index (κ1) is 12.6. The van der Waals surface area contributed by atoms with Crippen LogP contribution in [0.4, 0.5) is 5.69 Å². The number of hydrogen-bond donors (Lipinski definition) is 2. The first-order valence-electron chi connectivity index (χ1n) is 5.02. The van der Waals surface area contributed by atoms with Crippen LogP contribution in [0.3, 0.4) is 0 Å². The Morgan fingerprint density at radius 1 is 1.56 bits per heavy atom. The molecule has 0 heterocycles. The molecule has 16 heavy (non-hydrogen) atoms. The van der Waals surface area contributed by atoms with Crippen molar-refractivity contribution in [3.8, 4) is 5.75 Å². The second-order valence-corrected chi connectivity index (χ2v) is 3.74. The minimum absolute atomic E-state index is 0.00247. The fourth-order valence-corrected chi connectivity index (χ4v) is 1.34. The van der Waals surface area contributed by atoms with Gasteiger partial charge < -0.3 is 15.8 Å². The summed E-state index contributed by atoms with van der Waals surface area (Å²) in [5.74, 6) is 0.562. The minimum Gasteiger partial charge on any atom is -0.491 e. The first-order chi connectivity index (χ1) is 7.63. The van der Waals surface area contributed by atoms with E-state index < -0.39 is 0 Å². The van der Waals surface area contributed by atoms with Crippen LogP contribution in [-0.4, -0.2) is 19.6 Å². The second kappa shape index (κ2) is 6.23. The van der Waals surface area contributed by atoms with Gasteiger partial charge in [0.1, 0.15) is 5.75 Å². The van der Waals surface area contributed by atoms with Gasteiger partial charge in [0.15, 0.2) is 0 Å². The third kappa shape index (κ3) is 3.98. The highest BCUT2D eigenvalue weighted by molar-refractivity contribution is 6.30. The van der Waals surface area contributed by atoms with E-state index in [-0.39, 0.29) is 5.91 Å². The molecule has 0 saturated carbocycles. The molecule has 88 valence electrons. The Bertz CT molecular complexity index is 369. The highest BCUT2D eigenvalue weighted by Gasteiger charge is 2.02. The number of anilines is 1. The molecular weight excluding hydrogens is 228 g/mol. The zero-order chi connectivity index (χ0) is 12.0. The number of ether oxygens (including phenoxy) is 1. The average Bonchev–Trinajstić information content (AvgIpc) is 2.28. The van der Waals surface area contributed by atoms with Crippen molar-refractivity contribution in [2.45, 2.75) is 12.8 Å². The number of benzene rings is 1. The predicted octanol–water partition coefficient (Wildman–Crippen LogP) is 1.83. The summed E-state index contributed by atoms with van der Waals surface area (Å²) in [6.07, 6.45) is 1.09. The van der Waals surface area contributed by atoms with Crippen LogP contribution in [0, 0.1) is 0 Å². The highest BCUT2D eigenvalue weighted by Crippen LogP contribution is 2.25. The molecule has 0 unspecified atom stereocenters. The molecule has 0 aliphatic heterocycles. The molecule has 1 rings (SSSR count). The van der Waals surface area contributed by atoms with Gasteiger partial charge in [0.2, 0.25) is 5.91 Å². The summed E-state index contributed by atoms with van der Waals surface area (Å²) in [5.41, 5.74) is 6.24. The topological polar surface area (TPSA) is 64.3 Å². The Labute approximate surface area is 99.7 Å². The van der Waals surface area contributed by atoms with Gasteiger partial charge in [-0.15, -0.1) is 0 Å². The van der Waals surface area contributed by atoms with Crippen molar-refractivity contribution in [1.82, 2.24) is 5.32 Å².